The van der Waals surface area contributed by atoms with Gasteiger partial charge in [0.15, 0.2) is 0 Å². The maximum atomic E-state index is 11.0. The third-order valence-corrected chi connectivity index (χ3v) is 5.41. The number of allylic oxidation sites excluding steroid dienone is 1. The zero-order valence-electron chi connectivity index (χ0n) is 16.9. The van der Waals surface area contributed by atoms with Crippen LogP contribution >= 0.6 is 0 Å². The minimum atomic E-state index is -0.386. The summed E-state index contributed by atoms with van der Waals surface area (Å²) in [6.45, 7) is 3.14. The van der Waals surface area contributed by atoms with E-state index in [0.29, 0.717) is 12.6 Å². The summed E-state index contributed by atoms with van der Waals surface area (Å²) >= 11 is 0. The van der Waals surface area contributed by atoms with Gasteiger partial charge < -0.3 is 14.4 Å². The van der Waals surface area contributed by atoms with E-state index in [1.165, 1.54) is 11.6 Å². The lowest BCUT2D eigenvalue weighted by atomic mass is 10.0. The fraction of sp³-hybridized carbons (Fsp3) is 0.304. The van der Waals surface area contributed by atoms with Crippen LogP contribution in [0.1, 0.15) is 5.56 Å². The summed E-state index contributed by atoms with van der Waals surface area (Å²) < 4.78 is 11.5. The van der Waals surface area contributed by atoms with Crippen molar-refractivity contribution in [3.8, 4) is 11.5 Å². The average Bonchev–Trinajstić information content (AvgIpc) is 2.77. The Morgan fingerprint density at radius 1 is 1.13 bits per heavy atom. The Hall–Kier alpha value is -3.16. The lowest BCUT2D eigenvalue weighted by molar-refractivity contribution is -0.419. The Labute approximate surface area is 176 Å². The SMILES string of the molecule is CN1CCOCC1Cc1ccc(Oc2ccc(N3C=C([N+](=O)[O-])C=CC3)cc2)cc1. The Bertz CT molecular complexity index is 938. The molecule has 7 nitrogen and oxygen atoms in total. The minimum Gasteiger partial charge on any atom is -0.457 e. The van der Waals surface area contributed by atoms with Crippen molar-refractivity contribution in [2.75, 3.05) is 38.3 Å². The van der Waals surface area contributed by atoms with Crippen LogP contribution in [0.4, 0.5) is 5.69 Å². The van der Waals surface area contributed by atoms with Gasteiger partial charge in [0, 0.05) is 30.9 Å². The van der Waals surface area contributed by atoms with Gasteiger partial charge in [-0.3, -0.25) is 15.0 Å². The highest BCUT2D eigenvalue weighted by Crippen LogP contribution is 2.26. The average molecular weight is 407 g/mol. The number of hydrogen-bond donors (Lipinski definition) is 0. The highest BCUT2D eigenvalue weighted by Gasteiger charge is 2.19. The van der Waals surface area contributed by atoms with Gasteiger partial charge in [0.25, 0.3) is 5.70 Å². The lowest BCUT2D eigenvalue weighted by Crippen LogP contribution is -2.43. The van der Waals surface area contributed by atoms with Gasteiger partial charge in [0.05, 0.1) is 24.3 Å². The standard InChI is InChI=1S/C23H25N3O4/c1-24-13-14-29-17-21(24)15-18-4-8-22(9-5-18)30-23-10-6-19(7-11-23)25-12-2-3-20(16-25)26(27)28/h2-11,16,21H,12-15,17H2,1H3. The van der Waals surface area contributed by atoms with E-state index in [4.69, 9.17) is 9.47 Å². The molecule has 1 unspecified atom stereocenters. The van der Waals surface area contributed by atoms with Crippen LogP contribution in [0.3, 0.4) is 0 Å². The summed E-state index contributed by atoms with van der Waals surface area (Å²) in [5, 5.41) is 11.0. The van der Waals surface area contributed by atoms with Crippen molar-refractivity contribution in [3.63, 3.8) is 0 Å². The normalized spacial score (nSPS) is 19.4. The molecule has 7 heteroatoms. The second-order valence-electron chi connectivity index (χ2n) is 7.52. The first-order valence-electron chi connectivity index (χ1n) is 10.0. The van der Waals surface area contributed by atoms with Crippen LogP contribution in [0.15, 0.2) is 72.6 Å². The monoisotopic (exact) mass is 407 g/mol. The van der Waals surface area contributed by atoms with Gasteiger partial charge in [-0.15, -0.1) is 0 Å². The first-order chi connectivity index (χ1) is 14.6. The molecular weight excluding hydrogens is 382 g/mol. The molecule has 0 radical (unpaired) electrons. The molecule has 0 bridgehead atoms. The van der Waals surface area contributed by atoms with Crippen molar-refractivity contribution in [1.29, 1.82) is 0 Å². The quantitative estimate of drug-likeness (QED) is 0.535. The number of morpholine rings is 1. The molecule has 1 atom stereocenters. The van der Waals surface area contributed by atoms with Crippen LogP contribution in [0.2, 0.25) is 0 Å². The molecule has 30 heavy (non-hydrogen) atoms. The third kappa shape index (κ3) is 4.87. The molecule has 0 aliphatic carbocycles. The number of rotatable bonds is 6. The van der Waals surface area contributed by atoms with E-state index < -0.39 is 0 Å². The first kappa shape index (κ1) is 20.1. The second-order valence-corrected chi connectivity index (χ2v) is 7.52. The van der Waals surface area contributed by atoms with Crippen molar-refractivity contribution in [3.05, 3.63) is 88.3 Å². The summed E-state index contributed by atoms with van der Waals surface area (Å²) in [7, 11) is 2.14. The molecule has 156 valence electrons. The fourth-order valence-electron chi connectivity index (χ4n) is 3.59. The van der Waals surface area contributed by atoms with Crippen molar-refractivity contribution in [2.24, 2.45) is 0 Å². The topological polar surface area (TPSA) is 68.1 Å². The van der Waals surface area contributed by atoms with Gasteiger partial charge in [0.1, 0.15) is 11.5 Å². The summed E-state index contributed by atoms with van der Waals surface area (Å²) in [6, 6.07) is 16.1. The first-order valence-corrected chi connectivity index (χ1v) is 10.0. The van der Waals surface area contributed by atoms with Crippen LogP contribution in [-0.4, -0.2) is 49.2 Å². The molecule has 2 aromatic carbocycles. The fourth-order valence-corrected chi connectivity index (χ4v) is 3.59. The Kier molecular flexibility index (Phi) is 6.11. The molecule has 2 aliphatic rings. The van der Waals surface area contributed by atoms with Gasteiger partial charge in [-0.05, 0) is 55.4 Å². The number of nitro groups is 1. The van der Waals surface area contributed by atoms with Gasteiger partial charge >= 0.3 is 0 Å². The van der Waals surface area contributed by atoms with Crippen LogP contribution in [0, 0.1) is 10.1 Å². The maximum absolute atomic E-state index is 11.0. The number of ether oxygens (including phenoxy) is 2. The van der Waals surface area contributed by atoms with Gasteiger partial charge in [-0.1, -0.05) is 18.2 Å². The molecular formula is C23H25N3O4. The highest BCUT2D eigenvalue weighted by atomic mass is 16.6. The molecule has 1 saturated heterocycles. The third-order valence-electron chi connectivity index (χ3n) is 5.41. The molecule has 2 heterocycles. The molecule has 1 fully saturated rings. The highest BCUT2D eigenvalue weighted by molar-refractivity contribution is 5.54. The number of anilines is 1. The summed E-state index contributed by atoms with van der Waals surface area (Å²) in [5.74, 6) is 1.49. The number of nitrogens with zero attached hydrogens (tertiary/aromatic N) is 3. The molecule has 0 amide bonds. The van der Waals surface area contributed by atoms with E-state index in [2.05, 4.69) is 24.1 Å². The Morgan fingerprint density at radius 3 is 2.50 bits per heavy atom. The van der Waals surface area contributed by atoms with Crippen LogP contribution < -0.4 is 9.64 Å². The Morgan fingerprint density at radius 2 is 1.83 bits per heavy atom. The van der Waals surface area contributed by atoms with E-state index in [-0.39, 0.29) is 10.6 Å². The van der Waals surface area contributed by atoms with Crippen molar-refractivity contribution >= 4 is 5.69 Å². The molecule has 0 aromatic heterocycles. The summed E-state index contributed by atoms with van der Waals surface area (Å²) in [4.78, 5) is 14.8. The summed E-state index contributed by atoms with van der Waals surface area (Å²) in [5.41, 5.74) is 2.21. The number of benzene rings is 2. The van der Waals surface area contributed by atoms with Crippen LogP contribution in [0.5, 0.6) is 11.5 Å². The van der Waals surface area contributed by atoms with Gasteiger partial charge in [-0.25, -0.2) is 0 Å². The van der Waals surface area contributed by atoms with Crippen LogP contribution in [-0.2, 0) is 11.2 Å². The van der Waals surface area contributed by atoms with Crippen molar-refractivity contribution in [1.82, 2.24) is 4.90 Å². The van der Waals surface area contributed by atoms with E-state index in [1.807, 2.05) is 41.3 Å². The summed E-state index contributed by atoms with van der Waals surface area (Å²) in [6.07, 6.45) is 5.80. The van der Waals surface area contributed by atoms with E-state index >= 15 is 0 Å². The molecule has 2 aromatic rings. The van der Waals surface area contributed by atoms with E-state index in [0.717, 1.165) is 43.4 Å². The van der Waals surface area contributed by atoms with E-state index in [1.54, 1.807) is 12.3 Å². The Balaban J connectivity index is 1.36. The maximum Gasteiger partial charge on any atom is 0.285 e. The molecule has 0 saturated carbocycles. The predicted octanol–water partition coefficient (Wildman–Crippen LogP) is 3.85. The number of hydrogen-bond acceptors (Lipinski definition) is 6. The molecule has 4 rings (SSSR count). The van der Waals surface area contributed by atoms with Gasteiger partial charge in [0.2, 0.25) is 0 Å². The predicted molar refractivity (Wildman–Crippen MR) is 115 cm³/mol. The van der Waals surface area contributed by atoms with Crippen molar-refractivity contribution in [2.45, 2.75) is 12.5 Å². The van der Waals surface area contributed by atoms with E-state index in [9.17, 15) is 10.1 Å². The minimum absolute atomic E-state index is 0.0765. The zero-order chi connectivity index (χ0) is 20.9. The molecule has 2 aliphatic heterocycles. The zero-order valence-corrected chi connectivity index (χ0v) is 16.9. The lowest BCUT2D eigenvalue weighted by Gasteiger charge is -2.32. The largest absolute Gasteiger partial charge is 0.457 e. The molecule has 0 spiro atoms. The van der Waals surface area contributed by atoms with Crippen LogP contribution in [0.25, 0.3) is 0 Å². The van der Waals surface area contributed by atoms with Gasteiger partial charge in [-0.2, -0.15) is 0 Å². The second kappa shape index (κ2) is 9.11. The number of likely N-dealkylation sites (N-methyl/N-ethyl adjacent to an activating group) is 1. The smallest absolute Gasteiger partial charge is 0.285 e. The molecule has 0 N–H and O–H groups in total. The van der Waals surface area contributed by atoms with Crippen molar-refractivity contribution < 1.29 is 14.4 Å².